The van der Waals surface area contributed by atoms with Crippen molar-refractivity contribution in [2.75, 3.05) is 27.9 Å². The molecular weight excluding hydrogens is 500 g/mol. The Labute approximate surface area is 154 Å². The van der Waals surface area contributed by atoms with Gasteiger partial charge in [0.05, 0.1) is 27.5 Å². The molecule has 1 aliphatic carbocycles. The third-order valence-electron chi connectivity index (χ3n) is 3.77. The Morgan fingerprint density at radius 2 is 1.70 bits per heavy atom. The van der Waals surface area contributed by atoms with Crippen LogP contribution in [0.5, 0.6) is 0 Å². The zero-order chi connectivity index (χ0) is 16.8. The fourth-order valence-electron chi connectivity index (χ4n) is 2.69. The Hall–Kier alpha value is 0.519. The summed E-state index contributed by atoms with van der Waals surface area (Å²) >= 11 is 0. The van der Waals surface area contributed by atoms with E-state index in [2.05, 4.69) is 18.5 Å². The smallest absolute Gasteiger partial charge is 0.661 e. The summed E-state index contributed by atoms with van der Waals surface area (Å²) in [6.07, 6.45) is 7.86. The van der Waals surface area contributed by atoms with Gasteiger partial charge in [-0.3, -0.25) is 11.2 Å². The minimum Gasteiger partial charge on any atom is -0.661 e. The van der Waals surface area contributed by atoms with E-state index in [1.807, 2.05) is 0 Å². The molecule has 138 valence electrons. The molecule has 0 N–H and O–H groups in total. The molecule has 2 rings (SSSR count). The molecule has 0 bridgehead atoms. The Bertz CT molecular complexity index is 246. The van der Waals surface area contributed by atoms with Gasteiger partial charge in [0, 0.05) is 0 Å². The Balaban J connectivity index is 0. The average Bonchev–Trinajstić information content (AvgIpc) is 2.60. The van der Waals surface area contributed by atoms with E-state index >= 15 is 0 Å². The summed E-state index contributed by atoms with van der Waals surface area (Å²) in [5.41, 5.74) is 0. The Morgan fingerprint density at radius 3 is 2.04 bits per heavy atom. The second-order valence-corrected chi connectivity index (χ2v) is 6.87. The molecule has 1 heterocycles. The van der Waals surface area contributed by atoms with Gasteiger partial charge in [-0.05, 0) is 6.42 Å². The predicted octanol–water partition coefficient (Wildman–Crippen LogP) is 3.86. The largest absolute Gasteiger partial charge is 3.00 e. The maximum absolute atomic E-state index is 12.9. The van der Waals surface area contributed by atoms with Crippen molar-refractivity contribution in [2.24, 2.45) is 5.92 Å². The van der Waals surface area contributed by atoms with Gasteiger partial charge in [0.1, 0.15) is 0 Å². The van der Waals surface area contributed by atoms with Crippen molar-refractivity contribution in [3.05, 3.63) is 11.7 Å². The van der Waals surface area contributed by atoms with Gasteiger partial charge in [-0.15, -0.1) is 13.0 Å². The van der Waals surface area contributed by atoms with Crippen LogP contribution in [0.4, 0.5) is 4.39 Å². The zero-order valence-electron chi connectivity index (χ0n) is 14.1. The Kier molecular flexibility index (Phi) is 19.4. The standard InChI is InChI=1S/C11H18FN.C3H10O3P.CHO.Ir/c12-10-6-4-9(5-7-10)11-3-1-2-8-13-11;1-4-7(5-2)6-3;1-2;/h4,9-11H,1-3,5-8H2;7H,1-3H3;1H;/q-2;+1;-1;+3. The van der Waals surface area contributed by atoms with Gasteiger partial charge in [-0.2, -0.15) is 25.5 Å². The van der Waals surface area contributed by atoms with Crippen LogP contribution in [0.2, 0.25) is 0 Å². The number of piperidine rings is 1. The third-order valence-corrected chi connectivity index (χ3v) is 4.77. The van der Waals surface area contributed by atoms with E-state index in [-0.39, 0.29) is 20.1 Å². The van der Waals surface area contributed by atoms with Gasteiger partial charge >= 0.3 is 28.7 Å². The third kappa shape index (κ3) is 11.7. The second-order valence-electron chi connectivity index (χ2n) is 5.14. The van der Waals surface area contributed by atoms with Gasteiger partial charge in [0.15, 0.2) is 0 Å². The number of carbonyl (C=O) groups excluding carboxylic acids is 1. The summed E-state index contributed by atoms with van der Waals surface area (Å²) in [6.45, 7) is 4.29. The summed E-state index contributed by atoms with van der Waals surface area (Å²) in [7, 11) is 3.31. The Morgan fingerprint density at radius 1 is 1.09 bits per heavy atom. The van der Waals surface area contributed by atoms with Crippen LogP contribution in [-0.4, -0.2) is 46.9 Å². The maximum atomic E-state index is 12.9. The van der Waals surface area contributed by atoms with Gasteiger partial charge in [-0.1, -0.05) is 25.7 Å². The van der Waals surface area contributed by atoms with Crippen molar-refractivity contribution >= 4 is 15.4 Å². The molecule has 0 aromatic carbocycles. The van der Waals surface area contributed by atoms with Crippen LogP contribution in [0.15, 0.2) is 0 Å². The maximum Gasteiger partial charge on any atom is 3.00 e. The number of nitrogens with zero attached hydrogens (tertiary/aromatic N) is 1. The van der Waals surface area contributed by atoms with Crippen LogP contribution in [0.25, 0.3) is 5.32 Å². The first kappa shape index (κ1) is 25.8. The molecule has 1 aliphatic heterocycles. The van der Waals surface area contributed by atoms with E-state index in [0.717, 1.165) is 19.4 Å². The molecular formula is C15H29FIrNO4P+. The van der Waals surface area contributed by atoms with Crippen molar-refractivity contribution in [1.82, 2.24) is 0 Å². The molecule has 3 unspecified atom stereocenters. The molecule has 3 atom stereocenters. The van der Waals surface area contributed by atoms with E-state index in [1.54, 1.807) is 21.3 Å². The van der Waals surface area contributed by atoms with Gasteiger partial charge in [-0.25, -0.2) is 0 Å². The first-order chi connectivity index (χ1) is 10.7. The van der Waals surface area contributed by atoms with Crippen molar-refractivity contribution in [1.29, 1.82) is 0 Å². The fraction of sp³-hybridized carbons (Fsp3) is 0.867. The number of hydrogen-bond acceptors (Lipinski definition) is 4. The quantitative estimate of drug-likeness (QED) is 0.315. The first-order valence-electron chi connectivity index (χ1n) is 7.57. The number of halogens is 1. The second kappa shape index (κ2) is 17.3. The van der Waals surface area contributed by atoms with Crippen LogP contribution >= 0.6 is 8.60 Å². The number of rotatable bonds is 4. The minimum absolute atomic E-state index is 0. The fourth-order valence-corrected chi connectivity index (χ4v) is 3.19. The number of hydrogen-bond donors (Lipinski definition) is 0. The van der Waals surface area contributed by atoms with E-state index in [0.29, 0.717) is 18.4 Å². The van der Waals surface area contributed by atoms with Crippen molar-refractivity contribution in [3.63, 3.8) is 0 Å². The van der Waals surface area contributed by atoms with Gasteiger partial charge in [0.2, 0.25) is 0 Å². The molecule has 1 saturated carbocycles. The van der Waals surface area contributed by atoms with E-state index < -0.39 is 14.8 Å². The van der Waals surface area contributed by atoms with Crippen molar-refractivity contribution < 1.29 is 42.9 Å². The number of alkyl halides is 1. The molecule has 5 nitrogen and oxygen atoms in total. The first-order valence-corrected chi connectivity index (χ1v) is 8.80. The molecule has 2 aliphatic rings. The van der Waals surface area contributed by atoms with Gasteiger partial charge < -0.3 is 16.5 Å². The molecule has 0 radical (unpaired) electrons. The molecule has 0 aromatic rings. The molecule has 0 aromatic heterocycles. The van der Waals surface area contributed by atoms with Crippen LogP contribution < -0.4 is 0 Å². The predicted molar refractivity (Wildman–Crippen MR) is 88.5 cm³/mol. The summed E-state index contributed by atoms with van der Waals surface area (Å²) < 4.78 is 27.0. The molecule has 23 heavy (non-hydrogen) atoms. The summed E-state index contributed by atoms with van der Waals surface area (Å²) in [6, 6.07) is 0.529. The van der Waals surface area contributed by atoms with Crippen molar-refractivity contribution in [3.8, 4) is 0 Å². The van der Waals surface area contributed by atoms with Crippen LogP contribution in [-0.2, 0) is 38.5 Å². The average molecular weight is 530 g/mol. The molecule has 1 saturated heterocycles. The summed E-state index contributed by atoms with van der Waals surface area (Å²) in [4.78, 5) is 7.75. The summed E-state index contributed by atoms with van der Waals surface area (Å²) in [5, 5.41) is 4.62. The SMILES string of the molecule is CO[PH+](OC)OC.FC1C[CH-]C(C2CCCC[N-]2)CC1.[CH-]=O.[Ir+3]. The molecule has 8 heteroatoms. The molecule has 2 fully saturated rings. The topological polar surface area (TPSA) is 58.9 Å². The normalized spacial score (nSPS) is 26.9. The van der Waals surface area contributed by atoms with Crippen LogP contribution in [0.1, 0.15) is 38.5 Å². The van der Waals surface area contributed by atoms with Crippen LogP contribution in [0.3, 0.4) is 0 Å². The monoisotopic (exact) mass is 530 g/mol. The van der Waals surface area contributed by atoms with Crippen LogP contribution in [0, 0.1) is 12.3 Å². The van der Waals surface area contributed by atoms with E-state index in [9.17, 15) is 4.39 Å². The molecule has 0 spiro atoms. The van der Waals surface area contributed by atoms with Crippen molar-refractivity contribution in [2.45, 2.75) is 50.7 Å². The van der Waals surface area contributed by atoms with Gasteiger partial charge in [0.25, 0.3) is 0 Å². The van der Waals surface area contributed by atoms with E-state index in [4.69, 9.17) is 18.4 Å². The summed E-state index contributed by atoms with van der Waals surface area (Å²) in [5.74, 6) is 0.590. The van der Waals surface area contributed by atoms with E-state index in [1.165, 1.54) is 19.3 Å². The zero-order valence-corrected chi connectivity index (χ0v) is 17.5. The molecule has 0 amide bonds. The minimum atomic E-state index is -1.36.